The number of morpholine rings is 2. The summed E-state index contributed by atoms with van der Waals surface area (Å²) in [6.07, 6.45) is 3.54. The van der Waals surface area contributed by atoms with E-state index in [0.717, 1.165) is 5.56 Å². The van der Waals surface area contributed by atoms with Crippen molar-refractivity contribution >= 4 is 11.8 Å². The summed E-state index contributed by atoms with van der Waals surface area (Å²) >= 11 is 0. The van der Waals surface area contributed by atoms with Gasteiger partial charge in [0.2, 0.25) is 11.8 Å². The van der Waals surface area contributed by atoms with Gasteiger partial charge in [-0.15, -0.1) is 0 Å². The van der Waals surface area contributed by atoms with Crippen LogP contribution in [0.4, 0.5) is 0 Å². The van der Waals surface area contributed by atoms with Crippen LogP contribution >= 0.6 is 0 Å². The lowest BCUT2D eigenvalue weighted by molar-refractivity contribution is -0.148. The van der Waals surface area contributed by atoms with Crippen molar-refractivity contribution in [1.29, 1.82) is 0 Å². The monoisotopic (exact) mass is 418 g/mol. The zero-order chi connectivity index (χ0) is 21.7. The molecule has 2 amide bonds. The molecule has 8 heteroatoms. The quantitative estimate of drug-likeness (QED) is 0.690. The van der Waals surface area contributed by atoms with Crippen LogP contribution in [0, 0.1) is 0 Å². The second-order valence-electron chi connectivity index (χ2n) is 8.58. The normalized spacial score (nSPS) is 27.4. The summed E-state index contributed by atoms with van der Waals surface area (Å²) in [7, 11) is 0. The van der Waals surface area contributed by atoms with Gasteiger partial charge in [-0.05, 0) is 39.3 Å². The highest BCUT2D eigenvalue weighted by Gasteiger charge is 2.31. The van der Waals surface area contributed by atoms with E-state index in [9.17, 15) is 9.59 Å². The maximum atomic E-state index is 13.1. The first-order chi connectivity index (χ1) is 14.3. The van der Waals surface area contributed by atoms with Gasteiger partial charge < -0.3 is 19.3 Å². The van der Waals surface area contributed by atoms with E-state index in [1.807, 2.05) is 54.5 Å². The summed E-state index contributed by atoms with van der Waals surface area (Å²) in [6.45, 7) is 11.0. The van der Waals surface area contributed by atoms with E-state index >= 15 is 0 Å². The van der Waals surface area contributed by atoms with Gasteiger partial charge in [-0.1, -0.05) is 6.07 Å². The molecule has 2 fully saturated rings. The van der Waals surface area contributed by atoms with Crippen molar-refractivity contribution in [3.05, 3.63) is 30.1 Å². The van der Waals surface area contributed by atoms with E-state index in [4.69, 9.17) is 9.47 Å². The molecule has 8 nitrogen and oxygen atoms in total. The van der Waals surface area contributed by atoms with Crippen molar-refractivity contribution in [3.63, 3.8) is 0 Å². The van der Waals surface area contributed by atoms with Gasteiger partial charge in [0.05, 0.1) is 50.6 Å². The third kappa shape index (κ3) is 6.00. The highest BCUT2D eigenvalue weighted by Crippen LogP contribution is 2.15. The maximum absolute atomic E-state index is 13.1. The third-order valence-electron chi connectivity index (χ3n) is 5.70. The molecule has 1 aromatic heterocycles. The molecule has 0 unspecified atom stereocenters. The number of carbonyl (C=O) groups excluding carboxylic acids is 2. The lowest BCUT2D eigenvalue weighted by atomic mass is 10.2. The number of carbonyl (C=O) groups is 2. The summed E-state index contributed by atoms with van der Waals surface area (Å²) in [5.41, 5.74) is 0.977. The zero-order valence-corrected chi connectivity index (χ0v) is 18.5. The number of rotatable bonds is 6. The Bertz CT molecular complexity index is 676. The Kier molecular flexibility index (Phi) is 7.80. The molecule has 166 valence electrons. The highest BCUT2D eigenvalue weighted by molar-refractivity contribution is 5.82. The fourth-order valence-electron chi connectivity index (χ4n) is 3.98. The summed E-state index contributed by atoms with van der Waals surface area (Å²) < 4.78 is 11.3. The Morgan fingerprint density at radius 3 is 2.00 bits per heavy atom. The predicted molar refractivity (Wildman–Crippen MR) is 113 cm³/mol. The number of hydrogen-bond acceptors (Lipinski definition) is 6. The Balaban J connectivity index is 1.69. The van der Waals surface area contributed by atoms with Gasteiger partial charge in [0.25, 0.3) is 0 Å². The molecule has 0 aliphatic carbocycles. The van der Waals surface area contributed by atoms with Crippen LogP contribution in [-0.2, 0) is 25.6 Å². The van der Waals surface area contributed by atoms with Crippen LogP contribution in [-0.4, -0.2) is 95.2 Å². The molecule has 0 bridgehead atoms. The van der Waals surface area contributed by atoms with Crippen LogP contribution in [0.3, 0.4) is 0 Å². The Labute approximate surface area is 179 Å². The fraction of sp³-hybridized carbons (Fsp3) is 0.682. The summed E-state index contributed by atoms with van der Waals surface area (Å²) in [5.74, 6) is 0.0514. The number of hydrogen-bond donors (Lipinski definition) is 0. The lowest BCUT2D eigenvalue weighted by Crippen LogP contribution is -2.55. The molecular weight excluding hydrogens is 384 g/mol. The predicted octanol–water partition coefficient (Wildman–Crippen LogP) is 1.16. The molecule has 0 N–H and O–H groups in total. The molecule has 3 rings (SSSR count). The van der Waals surface area contributed by atoms with Crippen molar-refractivity contribution in [2.45, 2.75) is 58.5 Å². The first-order valence-corrected chi connectivity index (χ1v) is 10.8. The Morgan fingerprint density at radius 2 is 1.53 bits per heavy atom. The van der Waals surface area contributed by atoms with E-state index in [2.05, 4.69) is 4.98 Å². The number of nitrogens with zero attached hydrogens (tertiary/aromatic N) is 4. The van der Waals surface area contributed by atoms with Crippen LogP contribution in [0.5, 0.6) is 0 Å². The van der Waals surface area contributed by atoms with Crippen molar-refractivity contribution in [3.8, 4) is 0 Å². The van der Waals surface area contributed by atoms with Gasteiger partial charge in [0.15, 0.2) is 0 Å². The van der Waals surface area contributed by atoms with Crippen LogP contribution in [0.1, 0.15) is 33.3 Å². The number of pyridine rings is 1. The topological polar surface area (TPSA) is 75.2 Å². The number of amides is 2. The number of aromatic nitrogens is 1. The van der Waals surface area contributed by atoms with Crippen LogP contribution in [0.25, 0.3) is 0 Å². The van der Waals surface area contributed by atoms with Crippen molar-refractivity contribution in [1.82, 2.24) is 19.7 Å². The highest BCUT2D eigenvalue weighted by atomic mass is 16.5. The van der Waals surface area contributed by atoms with Crippen LogP contribution in [0.2, 0.25) is 0 Å². The molecule has 2 saturated heterocycles. The standard InChI is InChI=1S/C22H34N4O4/c1-16-14-29-18(3)9-25(16)21(27)12-24(11-20-6-5-7-23-8-20)13-22(28)26-10-19(4)30-15-17(26)2/h5-8,16-19H,9-15H2,1-4H3/t16-,17+,18-,19+. The molecule has 0 saturated carbocycles. The lowest BCUT2D eigenvalue weighted by Gasteiger charge is -2.39. The van der Waals surface area contributed by atoms with Gasteiger partial charge >= 0.3 is 0 Å². The van der Waals surface area contributed by atoms with Gasteiger partial charge in [0.1, 0.15) is 0 Å². The molecule has 0 radical (unpaired) electrons. The second kappa shape index (κ2) is 10.3. The third-order valence-corrected chi connectivity index (χ3v) is 5.70. The Hall–Kier alpha value is -2.03. The number of ether oxygens (including phenoxy) is 2. The zero-order valence-electron chi connectivity index (χ0n) is 18.5. The minimum absolute atomic E-state index is 0.0224. The molecule has 2 aliphatic heterocycles. The van der Waals surface area contributed by atoms with Crippen molar-refractivity contribution in [2.24, 2.45) is 0 Å². The van der Waals surface area contributed by atoms with Gasteiger partial charge in [-0.25, -0.2) is 0 Å². The van der Waals surface area contributed by atoms with E-state index in [0.29, 0.717) is 32.8 Å². The van der Waals surface area contributed by atoms with Crippen LogP contribution in [0.15, 0.2) is 24.5 Å². The van der Waals surface area contributed by atoms with Gasteiger partial charge in [-0.2, -0.15) is 0 Å². The van der Waals surface area contributed by atoms with E-state index in [1.54, 1.807) is 12.4 Å². The minimum atomic E-state index is 0.0224. The van der Waals surface area contributed by atoms with E-state index in [1.165, 1.54) is 0 Å². The molecule has 4 atom stereocenters. The molecule has 1 aromatic rings. The average molecular weight is 419 g/mol. The molecule has 30 heavy (non-hydrogen) atoms. The van der Waals surface area contributed by atoms with Crippen molar-refractivity contribution < 1.29 is 19.1 Å². The molecule has 0 aromatic carbocycles. The first-order valence-electron chi connectivity index (χ1n) is 10.8. The van der Waals surface area contributed by atoms with E-state index in [-0.39, 0.29) is 49.2 Å². The molecule has 0 spiro atoms. The van der Waals surface area contributed by atoms with Crippen molar-refractivity contribution in [2.75, 3.05) is 39.4 Å². The molecular formula is C22H34N4O4. The first kappa shape index (κ1) is 22.7. The smallest absolute Gasteiger partial charge is 0.237 e. The second-order valence-corrected chi connectivity index (χ2v) is 8.58. The van der Waals surface area contributed by atoms with Gasteiger partial charge in [0, 0.05) is 32.0 Å². The maximum Gasteiger partial charge on any atom is 0.237 e. The fourth-order valence-corrected chi connectivity index (χ4v) is 3.98. The summed E-state index contributed by atoms with van der Waals surface area (Å²) in [5, 5.41) is 0. The minimum Gasteiger partial charge on any atom is -0.375 e. The molecule has 3 heterocycles. The van der Waals surface area contributed by atoms with E-state index < -0.39 is 0 Å². The average Bonchev–Trinajstić information content (AvgIpc) is 2.72. The van der Waals surface area contributed by atoms with Crippen LogP contribution < -0.4 is 0 Å². The Morgan fingerprint density at radius 1 is 1.00 bits per heavy atom. The molecule has 2 aliphatic rings. The summed E-state index contributed by atoms with van der Waals surface area (Å²) in [6, 6.07) is 3.90. The summed E-state index contributed by atoms with van der Waals surface area (Å²) in [4.78, 5) is 36.0. The SMILES string of the molecule is C[C@@H]1CN(C(=O)CN(CC(=O)N2C[C@H](C)OC[C@@H]2C)Cc2cccnc2)[C@H](C)CO1. The van der Waals surface area contributed by atoms with Gasteiger partial charge in [-0.3, -0.25) is 19.5 Å². The largest absolute Gasteiger partial charge is 0.375 e.